The van der Waals surface area contributed by atoms with Gasteiger partial charge in [-0.25, -0.2) is 8.42 Å². The molecule has 0 fully saturated rings. The molecule has 0 saturated heterocycles. The minimum atomic E-state index is -3.42. The third-order valence-corrected chi connectivity index (χ3v) is 5.71. The Morgan fingerprint density at radius 3 is 2.42 bits per heavy atom. The van der Waals surface area contributed by atoms with Crippen molar-refractivity contribution in [1.29, 1.82) is 0 Å². The lowest BCUT2D eigenvalue weighted by atomic mass is 10.1. The summed E-state index contributed by atoms with van der Waals surface area (Å²) in [6, 6.07) is 9.75. The lowest BCUT2D eigenvalue weighted by Gasteiger charge is -2.11. The minimum absolute atomic E-state index is 0.168. The number of benzene rings is 2. The van der Waals surface area contributed by atoms with E-state index < -0.39 is 15.3 Å². The molecule has 0 bridgehead atoms. The fraction of sp³-hybridized carbons (Fsp3) is 0.278. The highest BCUT2D eigenvalue weighted by Gasteiger charge is 2.18. The molecular weight excluding hydrogens is 356 g/mol. The minimum Gasteiger partial charge on any atom is -0.454 e. The Kier molecular flexibility index (Phi) is 4.78. The van der Waals surface area contributed by atoms with Crippen LogP contribution in [0.1, 0.15) is 29.8 Å². The molecule has 1 heterocycles. The summed E-state index contributed by atoms with van der Waals surface area (Å²) >= 11 is 0. The van der Waals surface area contributed by atoms with Crippen molar-refractivity contribution in [2.45, 2.75) is 26.0 Å². The van der Waals surface area contributed by atoms with Crippen molar-refractivity contribution in [1.82, 2.24) is 0 Å². The molecule has 8 heteroatoms. The number of carbonyl (C=O) groups excluding carboxylic acids is 1. The van der Waals surface area contributed by atoms with Gasteiger partial charge in [-0.2, -0.15) is 0 Å². The molecule has 1 amide bonds. The first-order valence-corrected chi connectivity index (χ1v) is 9.64. The van der Waals surface area contributed by atoms with Gasteiger partial charge in [-0.3, -0.25) is 9.52 Å². The van der Waals surface area contributed by atoms with Crippen molar-refractivity contribution < 1.29 is 22.7 Å². The predicted octanol–water partition coefficient (Wildman–Crippen LogP) is 3.13. The second kappa shape index (κ2) is 6.87. The summed E-state index contributed by atoms with van der Waals surface area (Å²) in [5, 5.41) is 2.26. The molecule has 0 atom stereocenters. The van der Waals surface area contributed by atoms with Crippen LogP contribution in [0.5, 0.6) is 11.5 Å². The zero-order chi connectivity index (χ0) is 18.9. The summed E-state index contributed by atoms with van der Waals surface area (Å²) in [6.07, 6.45) is 0. The van der Waals surface area contributed by atoms with Gasteiger partial charge in [-0.15, -0.1) is 0 Å². The van der Waals surface area contributed by atoms with Crippen molar-refractivity contribution in [2.75, 3.05) is 16.8 Å². The van der Waals surface area contributed by atoms with E-state index in [-0.39, 0.29) is 12.7 Å². The number of anilines is 2. The number of hydrogen-bond acceptors (Lipinski definition) is 5. The highest BCUT2D eigenvalue weighted by atomic mass is 32.2. The Labute approximate surface area is 152 Å². The number of aryl methyl sites for hydroxylation is 1. The fourth-order valence-corrected chi connectivity index (χ4v) is 3.13. The number of amides is 1. The maximum absolute atomic E-state index is 12.4. The van der Waals surface area contributed by atoms with Crippen LogP contribution in [0.2, 0.25) is 0 Å². The summed E-state index contributed by atoms with van der Waals surface area (Å²) in [4.78, 5) is 12.4. The second-order valence-corrected chi connectivity index (χ2v) is 8.49. The van der Waals surface area contributed by atoms with Crippen molar-refractivity contribution >= 4 is 27.3 Å². The molecular formula is C18H20N2O5S. The Balaban J connectivity index is 1.72. The van der Waals surface area contributed by atoms with Crippen LogP contribution in [-0.4, -0.2) is 26.4 Å². The highest BCUT2D eigenvalue weighted by Crippen LogP contribution is 2.38. The van der Waals surface area contributed by atoms with E-state index in [1.54, 1.807) is 50.2 Å². The van der Waals surface area contributed by atoms with Crippen molar-refractivity contribution in [3.8, 4) is 11.5 Å². The third-order valence-electron chi connectivity index (χ3n) is 3.94. The molecule has 138 valence electrons. The second-order valence-electron chi connectivity index (χ2n) is 6.25. The first kappa shape index (κ1) is 18.1. The van der Waals surface area contributed by atoms with E-state index in [0.29, 0.717) is 28.4 Å². The summed E-state index contributed by atoms with van der Waals surface area (Å²) < 4.78 is 36.9. The number of fused-ring (bicyclic) bond motifs is 1. The average Bonchev–Trinajstić information content (AvgIpc) is 3.04. The van der Waals surface area contributed by atoms with E-state index in [9.17, 15) is 13.2 Å². The monoisotopic (exact) mass is 376 g/mol. The molecule has 0 unspecified atom stereocenters. The quantitative estimate of drug-likeness (QED) is 0.836. The van der Waals surface area contributed by atoms with Crippen LogP contribution in [-0.2, 0) is 10.0 Å². The molecule has 3 rings (SSSR count). The van der Waals surface area contributed by atoms with Crippen LogP contribution in [0.3, 0.4) is 0 Å². The molecule has 2 N–H and O–H groups in total. The number of nitrogens with one attached hydrogen (secondary N) is 2. The molecule has 26 heavy (non-hydrogen) atoms. The van der Waals surface area contributed by atoms with Gasteiger partial charge in [0, 0.05) is 23.0 Å². The molecule has 2 aromatic carbocycles. The molecule has 2 aromatic rings. The van der Waals surface area contributed by atoms with Gasteiger partial charge in [0.2, 0.25) is 16.8 Å². The van der Waals surface area contributed by atoms with Gasteiger partial charge in [0.15, 0.2) is 11.5 Å². The Morgan fingerprint density at radius 2 is 1.77 bits per heavy atom. The summed E-state index contributed by atoms with van der Waals surface area (Å²) in [5.74, 6) is 0.977. The highest BCUT2D eigenvalue weighted by molar-refractivity contribution is 7.93. The van der Waals surface area contributed by atoms with E-state index in [1.807, 2.05) is 6.92 Å². The summed E-state index contributed by atoms with van der Waals surface area (Å²) in [5.41, 5.74) is 2.29. The maximum atomic E-state index is 12.4. The van der Waals surface area contributed by atoms with Gasteiger partial charge in [-0.05, 0) is 56.7 Å². The smallest absolute Gasteiger partial charge is 0.255 e. The number of sulfonamides is 1. The fourth-order valence-electron chi connectivity index (χ4n) is 2.43. The Hall–Kier alpha value is -2.74. The topological polar surface area (TPSA) is 93.7 Å². The van der Waals surface area contributed by atoms with Gasteiger partial charge in [0.05, 0.1) is 5.25 Å². The van der Waals surface area contributed by atoms with E-state index in [1.165, 1.54) is 0 Å². The van der Waals surface area contributed by atoms with Crippen LogP contribution >= 0.6 is 0 Å². The summed E-state index contributed by atoms with van der Waals surface area (Å²) in [6.45, 7) is 5.23. The maximum Gasteiger partial charge on any atom is 0.255 e. The zero-order valence-corrected chi connectivity index (χ0v) is 15.5. The average molecular weight is 376 g/mol. The van der Waals surface area contributed by atoms with Gasteiger partial charge < -0.3 is 14.8 Å². The Morgan fingerprint density at radius 1 is 1.08 bits per heavy atom. The molecule has 1 aliphatic heterocycles. The predicted molar refractivity (Wildman–Crippen MR) is 99.4 cm³/mol. The van der Waals surface area contributed by atoms with E-state index >= 15 is 0 Å². The number of rotatable bonds is 5. The first-order chi connectivity index (χ1) is 12.3. The molecule has 0 aromatic heterocycles. The van der Waals surface area contributed by atoms with E-state index in [0.717, 1.165) is 5.56 Å². The zero-order valence-electron chi connectivity index (χ0n) is 14.7. The molecule has 0 spiro atoms. The van der Waals surface area contributed by atoms with E-state index in [4.69, 9.17) is 9.47 Å². The Bertz CT molecular complexity index is 937. The van der Waals surface area contributed by atoms with Crippen molar-refractivity contribution in [3.05, 3.63) is 47.5 Å². The standard InChI is InChI=1S/C18H20N2O5S/c1-11(2)26(22,23)20-14-6-4-13(5-7-14)18(21)19-15-8-12(3)17-16(9-15)24-10-25-17/h4-9,11,20H,10H2,1-3H3,(H,19,21). The number of carbonyl (C=O) groups is 1. The molecule has 0 aliphatic carbocycles. The normalized spacial score (nSPS) is 12.9. The molecule has 0 radical (unpaired) electrons. The molecule has 0 saturated carbocycles. The first-order valence-electron chi connectivity index (χ1n) is 8.09. The summed E-state index contributed by atoms with van der Waals surface area (Å²) in [7, 11) is -3.42. The van der Waals surface area contributed by atoms with Crippen LogP contribution in [0.15, 0.2) is 36.4 Å². The van der Waals surface area contributed by atoms with Crippen molar-refractivity contribution in [2.24, 2.45) is 0 Å². The van der Waals surface area contributed by atoms with Gasteiger partial charge in [0.25, 0.3) is 5.91 Å². The van der Waals surface area contributed by atoms with Crippen LogP contribution in [0, 0.1) is 6.92 Å². The van der Waals surface area contributed by atoms with Gasteiger partial charge >= 0.3 is 0 Å². The van der Waals surface area contributed by atoms with Crippen LogP contribution in [0.25, 0.3) is 0 Å². The number of hydrogen-bond donors (Lipinski definition) is 2. The third kappa shape index (κ3) is 3.75. The lowest BCUT2D eigenvalue weighted by molar-refractivity contribution is 0.102. The lowest BCUT2D eigenvalue weighted by Crippen LogP contribution is -2.22. The van der Waals surface area contributed by atoms with E-state index in [2.05, 4.69) is 10.0 Å². The van der Waals surface area contributed by atoms with Gasteiger partial charge in [-0.1, -0.05) is 0 Å². The van der Waals surface area contributed by atoms with Gasteiger partial charge in [0.1, 0.15) is 0 Å². The molecule has 1 aliphatic rings. The van der Waals surface area contributed by atoms with Crippen LogP contribution < -0.4 is 19.5 Å². The molecule has 7 nitrogen and oxygen atoms in total. The van der Waals surface area contributed by atoms with Crippen molar-refractivity contribution in [3.63, 3.8) is 0 Å². The van der Waals surface area contributed by atoms with Crippen LogP contribution in [0.4, 0.5) is 11.4 Å². The SMILES string of the molecule is Cc1cc(NC(=O)c2ccc(NS(=O)(=O)C(C)C)cc2)cc2c1OCO2. The number of ether oxygens (including phenoxy) is 2. The largest absolute Gasteiger partial charge is 0.454 e.